The summed E-state index contributed by atoms with van der Waals surface area (Å²) in [6, 6.07) is 12.4. The number of alkyl halides is 3. The lowest BCUT2D eigenvalue weighted by molar-refractivity contribution is -0.168. The molecule has 3 rings (SSSR count). The molecule has 0 N–H and O–H groups in total. The largest absolute Gasteiger partial charge is 0.457 e. The van der Waals surface area contributed by atoms with Crippen molar-refractivity contribution in [2.45, 2.75) is 38.9 Å². The number of anilines is 1. The van der Waals surface area contributed by atoms with E-state index in [0.717, 1.165) is 16.9 Å². The van der Waals surface area contributed by atoms with Crippen LogP contribution in [0, 0.1) is 19.8 Å². The van der Waals surface area contributed by atoms with E-state index in [4.69, 9.17) is 4.74 Å². The van der Waals surface area contributed by atoms with Gasteiger partial charge in [0.05, 0.1) is 5.92 Å². The zero-order valence-corrected chi connectivity index (χ0v) is 15.3. The third-order valence-corrected chi connectivity index (χ3v) is 5.04. The second-order valence-electron chi connectivity index (χ2n) is 7.00. The van der Waals surface area contributed by atoms with Gasteiger partial charge in [-0.2, -0.15) is 13.2 Å². The van der Waals surface area contributed by atoms with E-state index >= 15 is 0 Å². The number of para-hydroxylation sites is 1. The van der Waals surface area contributed by atoms with Gasteiger partial charge in [0.2, 0.25) is 0 Å². The molecule has 0 amide bonds. The van der Waals surface area contributed by atoms with Crippen molar-refractivity contribution in [3.63, 3.8) is 0 Å². The van der Waals surface area contributed by atoms with E-state index in [0.29, 0.717) is 17.7 Å². The minimum absolute atomic E-state index is 0.0527. The van der Waals surface area contributed by atoms with Crippen molar-refractivity contribution >= 4 is 12.0 Å². The van der Waals surface area contributed by atoms with E-state index in [9.17, 15) is 18.0 Å². The molecule has 0 aliphatic carbocycles. The Morgan fingerprint density at radius 3 is 2.30 bits per heavy atom. The fourth-order valence-electron chi connectivity index (χ4n) is 3.59. The molecule has 1 aliphatic rings. The van der Waals surface area contributed by atoms with Gasteiger partial charge < -0.3 is 14.4 Å². The minimum Gasteiger partial charge on any atom is -0.457 e. The van der Waals surface area contributed by atoms with Crippen molar-refractivity contribution in [1.82, 2.24) is 0 Å². The Morgan fingerprint density at radius 2 is 1.74 bits per heavy atom. The van der Waals surface area contributed by atoms with Crippen molar-refractivity contribution in [2.75, 3.05) is 11.4 Å². The van der Waals surface area contributed by atoms with Gasteiger partial charge in [-0.15, -0.1) is 0 Å². The molecule has 144 valence electrons. The van der Waals surface area contributed by atoms with E-state index in [1.54, 1.807) is 29.2 Å². The minimum atomic E-state index is -4.25. The molecule has 0 bridgehead atoms. The maximum absolute atomic E-state index is 13.1. The summed E-state index contributed by atoms with van der Waals surface area (Å²) in [5, 5.41) is 0. The molecule has 2 aromatic carbocycles. The van der Waals surface area contributed by atoms with E-state index in [1.807, 2.05) is 32.0 Å². The number of carbonyl (C=O) groups is 1. The van der Waals surface area contributed by atoms with Crippen molar-refractivity contribution < 1.29 is 22.7 Å². The maximum Gasteiger partial charge on any atom is 0.393 e. The zero-order chi connectivity index (χ0) is 19.6. The van der Waals surface area contributed by atoms with E-state index in [1.165, 1.54) is 0 Å². The van der Waals surface area contributed by atoms with Crippen LogP contribution in [0.3, 0.4) is 0 Å². The first kappa shape index (κ1) is 19.3. The summed E-state index contributed by atoms with van der Waals surface area (Å²) in [6.45, 7) is 3.80. The molecule has 2 atom stereocenters. The highest BCUT2D eigenvalue weighted by Gasteiger charge is 2.47. The molecule has 0 spiro atoms. The van der Waals surface area contributed by atoms with Gasteiger partial charge in [0.1, 0.15) is 17.8 Å². The fourth-order valence-corrected chi connectivity index (χ4v) is 3.59. The van der Waals surface area contributed by atoms with Gasteiger partial charge in [-0.3, -0.25) is 0 Å². The monoisotopic (exact) mass is 377 g/mol. The van der Waals surface area contributed by atoms with Crippen LogP contribution in [0.15, 0.2) is 42.5 Å². The van der Waals surface area contributed by atoms with Crippen molar-refractivity contribution in [1.29, 1.82) is 0 Å². The molecule has 0 aromatic heterocycles. The summed E-state index contributed by atoms with van der Waals surface area (Å²) in [6.07, 6.45) is -3.52. The standard InChI is InChI=1S/C21H22F3NO2/c1-14-4-3-5-15(2)20(14)27-19-8-6-17(7-9-19)25-13-16(21(22,23)24)12-18(25)10-11-26/h3-9,11,16,18H,10,12-13H2,1-2H3. The number of rotatable bonds is 5. The Balaban J connectivity index is 1.78. The average molecular weight is 377 g/mol. The zero-order valence-electron chi connectivity index (χ0n) is 15.3. The van der Waals surface area contributed by atoms with Crippen LogP contribution in [0.5, 0.6) is 11.5 Å². The molecule has 27 heavy (non-hydrogen) atoms. The molecular formula is C21H22F3NO2. The first-order chi connectivity index (χ1) is 12.8. The van der Waals surface area contributed by atoms with Crippen LogP contribution in [0.2, 0.25) is 0 Å². The first-order valence-electron chi connectivity index (χ1n) is 8.90. The predicted molar refractivity (Wildman–Crippen MR) is 98.4 cm³/mol. The molecule has 1 heterocycles. The van der Waals surface area contributed by atoms with Crippen molar-refractivity contribution in [2.24, 2.45) is 5.92 Å². The van der Waals surface area contributed by atoms with Gasteiger partial charge in [-0.05, 0) is 55.7 Å². The van der Waals surface area contributed by atoms with E-state index in [2.05, 4.69) is 0 Å². The number of nitrogens with zero attached hydrogens (tertiary/aromatic N) is 1. The topological polar surface area (TPSA) is 29.5 Å². The number of hydrogen-bond acceptors (Lipinski definition) is 3. The highest BCUT2D eigenvalue weighted by Crippen LogP contribution is 2.40. The lowest BCUT2D eigenvalue weighted by Gasteiger charge is -2.25. The van der Waals surface area contributed by atoms with E-state index < -0.39 is 18.1 Å². The molecule has 0 radical (unpaired) electrons. The van der Waals surface area contributed by atoms with Crippen LogP contribution < -0.4 is 9.64 Å². The van der Waals surface area contributed by atoms with Gasteiger partial charge in [0, 0.05) is 24.7 Å². The van der Waals surface area contributed by atoms with Crippen molar-refractivity contribution in [3.05, 3.63) is 53.6 Å². The van der Waals surface area contributed by atoms with Crippen LogP contribution in [-0.4, -0.2) is 25.0 Å². The predicted octanol–water partition coefficient (Wildman–Crippen LogP) is 5.44. The molecule has 0 saturated carbocycles. The lowest BCUT2D eigenvalue weighted by Crippen LogP contribution is -2.30. The molecule has 6 heteroatoms. The number of aldehydes is 1. The Kier molecular flexibility index (Phi) is 5.44. The first-order valence-corrected chi connectivity index (χ1v) is 8.90. The van der Waals surface area contributed by atoms with Crippen molar-refractivity contribution in [3.8, 4) is 11.5 Å². The Morgan fingerprint density at radius 1 is 1.11 bits per heavy atom. The Hall–Kier alpha value is -2.50. The van der Waals surface area contributed by atoms with Gasteiger partial charge in [-0.25, -0.2) is 0 Å². The van der Waals surface area contributed by atoms with E-state index in [-0.39, 0.29) is 19.4 Å². The smallest absolute Gasteiger partial charge is 0.393 e. The number of hydrogen-bond donors (Lipinski definition) is 0. The fraction of sp³-hybridized carbons (Fsp3) is 0.381. The molecule has 2 unspecified atom stereocenters. The lowest BCUT2D eigenvalue weighted by atomic mass is 10.0. The molecule has 2 aromatic rings. The van der Waals surface area contributed by atoms with Crippen LogP contribution in [-0.2, 0) is 4.79 Å². The SMILES string of the molecule is Cc1cccc(C)c1Oc1ccc(N2CC(C(F)(F)F)CC2CC=O)cc1. The summed E-state index contributed by atoms with van der Waals surface area (Å²) >= 11 is 0. The second-order valence-corrected chi connectivity index (χ2v) is 7.00. The molecule has 1 fully saturated rings. The second kappa shape index (κ2) is 7.62. The summed E-state index contributed by atoms with van der Waals surface area (Å²) in [5.41, 5.74) is 2.69. The van der Waals surface area contributed by atoms with Crippen LogP contribution >= 0.6 is 0 Å². The highest BCUT2D eigenvalue weighted by atomic mass is 19.4. The van der Waals surface area contributed by atoms with Crippen LogP contribution in [0.4, 0.5) is 18.9 Å². The van der Waals surface area contributed by atoms with Gasteiger partial charge >= 0.3 is 6.18 Å². The molecule has 1 aliphatic heterocycles. The number of aryl methyl sites for hydroxylation is 2. The Labute approximate surface area is 156 Å². The molecular weight excluding hydrogens is 355 g/mol. The van der Waals surface area contributed by atoms with Gasteiger partial charge in [0.15, 0.2) is 0 Å². The summed E-state index contributed by atoms with van der Waals surface area (Å²) in [4.78, 5) is 12.6. The Bertz CT molecular complexity index is 782. The van der Waals surface area contributed by atoms with Crippen LogP contribution in [0.25, 0.3) is 0 Å². The molecule has 3 nitrogen and oxygen atoms in total. The van der Waals surface area contributed by atoms with Gasteiger partial charge in [-0.1, -0.05) is 18.2 Å². The third kappa shape index (κ3) is 4.26. The number of benzene rings is 2. The quantitative estimate of drug-likeness (QED) is 0.650. The number of ether oxygens (including phenoxy) is 1. The third-order valence-electron chi connectivity index (χ3n) is 5.04. The summed E-state index contributed by atoms with van der Waals surface area (Å²) in [5.74, 6) is -0.00922. The number of carbonyl (C=O) groups excluding carboxylic acids is 1. The average Bonchev–Trinajstić information content (AvgIpc) is 3.04. The van der Waals surface area contributed by atoms with Crippen LogP contribution in [0.1, 0.15) is 24.0 Å². The number of halogens is 3. The summed E-state index contributed by atoms with van der Waals surface area (Å²) < 4.78 is 45.3. The maximum atomic E-state index is 13.1. The normalized spacial score (nSPS) is 20.0. The summed E-state index contributed by atoms with van der Waals surface area (Å²) in [7, 11) is 0. The van der Waals surface area contributed by atoms with Gasteiger partial charge in [0.25, 0.3) is 0 Å². The molecule has 1 saturated heterocycles. The highest BCUT2D eigenvalue weighted by molar-refractivity contribution is 5.57.